The molecule has 0 aromatic heterocycles. The largest absolute Gasteiger partial charge is 0.468 e. The van der Waals surface area contributed by atoms with Gasteiger partial charge in [0.1, 0.15) is 24.2 Å². The Morgan fingerprint density at radius 3 is 2.08 bits per heavy atom. The first kappa shape index (κ1) is 30.3. The molecule has 3 amide bonds. The molecule has 9 nitrogen and oxygen atoms in total. The number of nitrogens with one attached hydrogen (secondary N) is 2. The molecule has 0 saturated carbocycles. The Hall–Kier alpha value is -3.88. The van der Waals surface area contributed by atoms with Gasteiger partial charge in [-0.2, -0.15) is 0 Å². The number of alkyl carbamates (subject to hydrolysis) is 1. The van der Waals surface area contributed by atoms with Gasteiger partial charge in [-0.3, -0.25) is 14.4 Å². The summed E-state index contributed by atoms with van der Waals surface area (Å²) in [5, 5.41) is 5.29. The summed E-state index contributed by atoms with van der Waals surface area (Å²) in [5.41, 5.74) is 1.61. The SMILES string of the molecule is COC(=O)CNC(=O)C(c1ccc(C)cc1)N(C(=O)C(Cc1ccccc1)NC(=O)OC(C)(C)C)C(C)C. The zero-order valence-electron chi connectivity index (χ0n) is 23.2. The molecular formula is C29H39N3O6. The van der Waals surface area contributed by atoms with Crippen LogP contribution in [-0.4, -0.2) is 60.1 Å². The summed E-state index contributed by atoms with van der Waals surface area (Å²) in [6, 6.07) is 14.0. The third kappa shape index (κ3) is 9.21. The quantitative estimate of drug-likeness (QED) is 0.457. The minimum Gasteiger partial charge on any atom is -0.468 e. The predicted octanol–water partition coefficient (Wildman–Crippen LogP) is 3.70. The van der Waals surface area contributed by atoms with Crippen molar-refractivity contribution in [1.82, 2.24) is 15.5 Å². The van der Waals surface area contributed by atoms with Gasteiger partial charge < -0.3 is 25.0 Å². The summed E-state index contributed by atoms with van der Waals surface area (Å²) in [4.78, 5) is 53.5. The third-order valence-corrected chi connectivity index (χ3v) is 5.64. The lowest BCUT2D eigenvalue weighted by molar-refractivity contribution is -0.146. The average molecular weight is 526 g/mol. The number of benzene rings is 2. The maximum Gasteiger partial charge on any atom is 0.408 e. The average Bonchev–Trinajstić information content (AvgIpc) is 2.84. The molecule has 2 N–H and O–H groups in total. The second-order valence-electron chi connectivity index (χ2n) is 10.3. The van der Waals surface area contributed by atoms with Crippen LogP contribution in [0.2, 0.25) is 0 Å². The fraction of sp³-hybridized carbons (Fsp3) is 0.448. The molecule has 0 fully saturated rings. The van der Waals surface area contributed by atoms with Crippen molar-refractivity contribution in [3.05, 3.63) is 71.3 Å². The van der Waals surface area contributed by atoms with Crippen molar-refractivity contribution < 1.29 is 28.7 Å². The molecule has 0 heterocycles. The zero-order valence-corrected chi connectivity index (χ0v) is 23.2. The van der Waals surface area contributed by atoms with E-state index in [0.717, 1.165) is 11.1 Å². The first-order valence-corrected chi connectivity index (χ1v) is 12.6. The molecule has 38 heavy (non-hydrogen) atoms. The van der Waals surface area contributed by atoms with Crippen molar-refractivity contribution in [3.8, 4) is 0 Å². The smallest absolute Gasteiger partial charge is 0.408 e. The highest BCUT2D eigenvalue weighted by Crippen LogP contribution is 2.26. The van der Waals surface area contributed by atoms with Crippen molar-refractivity contribution in [2.24, 2.45) is 0 Å². The Morgan fingerprint density at radius 1 is 0.947 bits per heavy atom. The molecule has 0 bridgehead atoms. The molecule has 0 aliphatic carbocycles. The topological polar surface area (TPSA) is 114 Å². The molecule has 2 atom stereocenters. The van der Waals surface area contributed by atoms with Crippen LogP contribution >= 0.6 is 0 Å². The molecule has 9 heteroatoms. The van der Waals surface area contributed by atoms with E-state index in [2.05, 4.69) is 15.4 Å². The molecule has 2 aromatic rings. The fourth-order valence-corrected chi connectivity index (χ4v) is 3.87. The highest BCUT2D eigenvalue weighted by Gasteiger charge is 2.38. The molecule has 0 saturated heterocycles. The Kier molecular flexibility index (Phi) is 10.9. The summed E-state index contributed by atoms with van der Waals surface area (Å²) in [6.07, 6.45) is -0.551. The van der Waals surface area contributed by atoms with Crippen molar-refractivity contribution in [2.75, 3.05) is 13.7 Å². The van der Waals surface area contributed by atoms with Gasteiger partial charge in [0, 0.05) is 12.5 Å². The maximum absolute atomic E-state index is 14.2. The molecule has 0 aliphatic rings. The molecular weight excluding hydrogens is 486 g/mol. The minimum atomic E-state index is -1.06. The van der Waals surface area contributed by atoms with Crippen LogP contribution in [0.25, 0.3) is 0 Å². The predicted molar refractivity (Wildman–Crippen MR) is 144 cm³/mol. The van der Waals surface area contributed by atoms with Crippen LogP contribution < -0.4 is 10.6 Å². The number of rotatable bonds is 10. The summed E-state index contributed by atoms with van der Waals surface area (Å²) in [5.74, 6) is -1.62. The van der Waals surface area contributed by atoms with E-state index >= 15 is 0 Å². The number of methoxy groups -OCH3 is 1. The monoisotopic (exact) mass is 525 g/mol. The number of ether oxygens (including phenoxy) is 2. The third-order valence-electron chi connectivity index (χ3n) is 5.64. The summed E-state index contributed by atoms with van der Waals surface area (Å²) in [7, 11) is 1.23. The van der Waals surface area contributed by atoms with E-state index in [1.54, 1.807) is 46.8 Å². The number of aryl methyl sites for hydroxylation is 1. The van der Waals surface area contributed by atoms with Crippen LogP contribution in [-0.2, 0) is 30.3 Å². The van der Waals surface area contributed by atoms with Crippen molar-refractivity contribution in [2.45, 2.75) is 71.7 Å². The second kappa shape index (κ2) is 13.6. The Bertz CT molecular complexity index is 1090. The van der Waals surface area contributed by atoms with Crippen LogP contribution in [0.5, 0.6) is 0 Å². The molecule has 0 spiro atoms. The van der Waals surface area contributed by atoms with Crippen LogP contribution in [0.1, 0.15) is 57.4 Å². The normalized spacial score (nSPS) is 12.7. The van der Waals surface area contributed by atoms with Gasteiger partial charge in [0.2, 0.25) is 11.8 Å². The second-order valence-corrected chi connectivity index (χ2v) is 10.3. The van der Waals surface area contributed by atoms with Crippen LogP contribution in [0.3, 0.4) is 0 Å². The first-order chi connectivity index (χ1) is 17.8. The maximum atomic E-state index is 14.2. The van der Waals surface area contributed by atoms with E-state index in [1.807, 2.05) is 49.4 Å². The van der Waals surface area contributed by atoms with E-state index in [-0.39, 0.29) is 13.0 Å². The van der Waals surface area contributed by atoms with Gasteiger partial charge >= 0.3 is 12.1 Å². The van der Waals surface area contributed by atoms with Gasteiger partial charge in [0.25, 0.3) is 0 Å². The number of nitrogens with zero attached hydrogens (tertiary/aromatic N) is 1. The van der Waals surface area contributed by atoms with Gasteiger partial charge in [0.05, 0.1) is 7.11 Å². The van der Waals surface area contributed by atoms with E-state index in [1.165, 1.54) is 12.0 Å². The van der Waals surface area contributed by atoms with E-state index in [4.69, 9.17) is 4.74 Å². The molecule has 0 aliphatic heterocycles. The lowest BCUT2D eigenvalue weighted by Gasteiger charge is -2.37. The highest BCUT2D eigenvalue weighted by molar-refractivity contribution is 5.93. The number of hydrogen-bond acceptors (Lipinski definition) is 6. The molecule has 206 valence electrons. The van der Waals surface area contributed by atoms with Crippen LogP contribution in [0, 0.1) is 6.92 Å². The van der Waals surface area contributed by atoms with Gasteiger partial charge in [-0.15, -0.1) is 0 Å². The minimum absolute atomic E-state index is 0.187. The summed E-state index contributed by atoms with van der Waals surface area (Å²) < 4.78 is 10.1. The number of carbonyl (C=O) groups is 4. The summed E-state index contributed by atoms with van der Waals surface area (Å²) >= 11 is 0. The van der Waals surface area contributed by atoms with Crippen LogP contribution in [0.15, 0.2) is 54.6 Å². The first-order valence-electron chi connectivity index (χ1n) is 12.6. The number of esters is 1. The van der Waals surface area contributed by atoms with Crippen molar-refractivity contribution >= 4 is 23.9 Å². The van der Waals surface area contributed by atoms with Gasteiger partial charge in [-0.05, 0) is 52.7 Å². The van der Waals surface area contributed by atoms with E-state index < -0.39 is 47.6 Å². The fourth-order valence-electron chi connectivity index (χ4n) is 3.87. The molecule has 2 rings (SSSR count). The lowest BCUT2D eigenvalue weighted by atomic mass is 9.98. The van der Waals surface area contributed by atoms with Crippen LogP contribution in [0.4, 0.5) is 4.79 Å². The van der Waals surface area contributed by atoms with Gasteiger partial charge in [0.15, 0.2) is 0 Å². The number of hydrogen-bond donors (Lipinski definition) is 2. The lowest BCUT2D eigenvalue weighted by Crippen LogP contribution is -2.56. The Morgan fingerprint density at radius 2 is 1.55 bits per heavy atom. The van der Waals surface area contributed by atoms with E-state index in [0.29, 0.717) is 5.56 Å². The van der Waals surface area contributed by atoms with E-state index in [9.17, 15) is 19.2 Å². The highest BCUT2D eigenvalue weighted by atomic mass is 16.6. The molecule has 2 unspecified atom stereocenters. The van der Waals surface area contributed by atoms with Crippen molar-refractivity contribution in [3.63, 3.8) is 0 Å². The Balaban J connectivity index is 2.50. The summed E-state index contributed by atoms with van der Waals surface area (Å²) in [6.45, 7) is 10.4. The Labute approximate surface area is 224 Å². The number of amides is 3. The zero-order chi connectivity index (χ0) is 28.5. The van der Waals surface area contributed by atoms with Crippen molar-refractivity contribution in [1.29, 1.82) is 0 Å². The molecule has 0 radical (unpaired) electrons. The standard InChI is InChI=1S/C29H39N3O6/c1-19(2)32(25(22-15-13-20(3)14-16-22)26(34)30-18-24(33)37-7)27(35)23(17-21-11-9-8-10-12-21)31-28(36)38-29(4,5)6/h8-16,19,23,25H,17-18H2,1-7H3,(H,30,34)(H,31,36). The van der Waals surface area contributed by atoms with Gasteiger partial charge in [-0.25, -0.2) is 4.79 Å². The number of carbonyl (C=O) groups excluding carboxylic acids is 4. The van der Waals surface area contributed by atoms with Gasteiger partial charge in [-0.1, -0.05) is 60.2 Å². The molecule has 2 aromatic carbocycles.